The third-order valence-corrected chi connectivity index (χ3v) is 6.35. The van der Waals surface area contributed by atoms with E-state index in [1.54, 1.807) is 0 Å². The summed E-state index contributed by atoms with van der Waals surface area (Å²) in [5.74, 6) is -0.691. The number of carbonyl (C=O) groups excluding carboxylic acids is 2. The highest BCUT2D eigenvalue weighted by atomic mass is 16.2. The molecule has 0 saturated heterocycles. The number of rotatable bonds is 7. The third kappa shape index (κ3) is 3.66. The van der Waals surface area contributed by atoms with Crippen molar-refractivity contribution in [1.82, 2.24) is 20.2 Å². The van der Waals surface area contributed by atoms with Gasteiger partial charge in [0.1, 0.15) is 0 Å². The van der Waals surface area contributed by atoms with E-state index < -0.39 is 0 Å². The van der Waals surface area contributed by atoms with Crippen LogP contribution in [0.25, 0.3) is 33.0 Å². The fraction of sp³-hybridized carbons (Fsp3) is 0.259. The van der Waals surface area contributed by atoms with Gasteiger partial charge >= 0.3 is 0 Å². The van der Waals surface area contributed by atoms with Crippen molar-refractivity contribution in [3.63, 3.8) is 0 Å². The van der Waals surface area contributed by atoms with E-state index in [0.717, 1.165) is 70.1 Å². The van der Waals surface area contributed by atoms with Crippen LogP contribution in [0.15, 0.2) is 48.8 Å². The van der Waals surface area contributed by atoms with Crippen LogP contribution in [0, 0.1) is 13.8 Å². The molecule has 5 rings (SSSR count). The lowest BCUT2D eigenvalue weighted by Gasteiger charge is -2.06. The maximum absolute atomic E-state index is 13.1. The van der Waals surface area contributed by atoms with E-state index in [1.165, 1.54) is 0 Å². The maximum Gasteiger partial charge on any atom is 0.259 e. The molecule has 168 valence electrons. The fourth-order valence-electron chi connectivity index (χ4n) is 4.76. The SMILES string of the molecule is CCNCCCn1cc(C2=C(c3c[nH]c4ccc(C)cc34)C(=O)NC2=O)c2cc(C)ccc21. The minimum absolute atomic E-state index is 0.342. The van der Waals surface area contributed by atoms with Gasteiger partial charge in [-0.3, -0.25) is 14.9 Å². The van der Waals surface area contributed by atoms with E-state index in [4.69, 9.17) is 0 Å². The van der Waals surface area contributed by atoms with Gasteiger partial charge in [0, 0.05) is 51.9 Å². The molecule has 0 aliphatic carbocycles. The van der Waals surface area contributed by atoms with Crippen molar-refractivity contribution >= 4 is 44.8 Å². The van der Waals surface area contributed by atoms with E-state index in [0.29, 0.717) is 11.1 Å². The predicted molar refractivity (Wildman–Crippen MR) is 133 cm³/mol. The standard InChI is InChI=1S/C27H28N4O2/c1-4-28-10-5-11-31-15-21(19-13-17(3)7-9-23(19)31)25-24(26(32)30-27(25)33)20-14-29-22-8-6-16(2)12-18(20)22/h6-9,12-15,28-29H,4-5,10-11H2,1-3H3,(H,30,32,33). The first kappa shape index (κ1) is 21.2. The van der Waals surface area contributed by atoms with Gasteiger partial charge in [0.05, 0.1) is 11.1 Å². The first-order valence-electron chi connectivity index (χ1n) is 11.5. The number of imide groups is 1. The lowest BCUT2D eigenvalue weighted by atomic mass is 9.95. The first-order valence-corrected chi connectivity index (χ1v) is 11.5. The minimum Gasteiger partial charge on any atom is -0.361 e. The second-order valence-corrected chi connectivity index (χ2v) is 8.75. The van der Waals surface area contributed by atoms with Gasteiger partial charge in [-0.1, -0.05) is 30.2 Å². The molecule has 3 heterocycles. The molecule has 6 heteroatoms. The zero-order valence-corrected chi connectivity index (χ0v) is 19.2. The van der Waals surface area contributed by atoms with Gasteiger partial charge in [-0.05, 0) is 57.6 Å². The number of aryl methyl sites for hydroxylation is 3. The largest absolute Gasteiger partial charge is 0.361 e. The molecule has 0 atom stereocenters. The Hall–Kier alpha value is -3.64. The van der Waals surface area contributed by atoms with Gasteiger partial charge in [0.15, 0.2) is 0 Å². The zero-order chi connectivity index (χ0) is 23.1. The Morgan fingerprint density at radius 1 is 0.909 bits per heavy atom. The minimum atomic E-state index is -0.349. The van der Waals surface area contributed by atoms with Crippen LogP contribution in [0.5, 0.6) is 0 Å². The number of nitrogens with zero attached hydrogens (tertiary/aromatic N) is 1. The summed E-state index contributed by atoms with van der Waals surface area (Å²) in [5.41, 5.74) is 6.67. The molecule has 1 aliphatic heterocycles. The van der Waals surface area contributed by atoms with Gasteiger partial charge in [-0.15, -0.1) is 0 Å². The van der Waals surface area contributed by atoms with Gasteiger partial charge in [0.2, 0.25) is 0 Å². The molecule has 2 aromatic heterocycles. The Kier molecular flexibility index (Phi) is 5.38. The maximum atomic E-state index is 13.1. The van der Waals surface area contributed by atoms with Gasteiger partial charge in [-0.2, -0.15) is 0 Å². The van der Waals surface area contributed by atoms with Crippen molar-refractivity contribution in [3.8, 4) is 0 Å². The molecule has 0 spiro atoms. The second kappa shape index (κ2) is 8.37. The molecular formula is C27H28N4O2. The molecule has 2 aromatic carbocycles. The fourth-order valence-corrected chi connectivity index (χ4v) is 4.76. The van der Waals surface area contributed by atoms with Crippen LogP contribution in [-0.2, 0) is 16.1 Å². The van der Waals surface area contributed by atoms with Crippen molar-refractivity contribution in [2.24, 2.45) is 0 Å². The Labute approximate surface area is 192 Å². The lowest BCUT2D eigenvalue weighted by molar-refractivity contribution is -0.122. The molecular weight excluding hydrogens is 412 g/mol. The highest BCUT2D eigenvalue weighted by molar-refractivity contribution is 6.50. The number of hydrogen-bond donors (Lipinski definition) is 3. The Bertz CT molecular complexity index is 1440. The van der Waals surface area contributed by atoms with Crippen LogP contribution in [0.3, 0.4) is 0 Å². The smallest absolute Gasteiger partial charge is 0.259 e. The number of fused-ring (bicyclic) bond motifs is 2. The molecule has 6 nitrogen and oxygen atoms in total. The molecule has 0 bridgehead atoms. The number of benzene rings is 2. The highest BCUT2D eigenvalue weighted by Gasteiger charge is 2.35. The summed E-state index contributed by atoms with van der Waals surface area (Å²) in [6, 6.07) is 12.4. The van der Waals surface area contributed by atoms with E-state index >= 15 is 0 Å². The normalized spacial score (nSPS) is 14.2. The molecule has 4 aromatic rings. The molecule has 2 amide bonds. The molecule has 0 unspecified atom stereocenters. The zero-order valence-electron chi connectivity index (χ0n) is 19.2. The molecule has 33 heavy (non-hydrogen) atoms. The molecule has 0 fully saturated rings. The summed E-state index contributed by atoms with van der Waals surface area (Å²) in [7, 11) is 0. The Morgan fingerprint density at radius 2 is 1.61 bits per heavy atom. The average molecular weight is 441 g/mol. The molecule has 0 radical (unpaired) electrons. The van der Waals surface area contributed by atoms with E-state index in [2.05, 4.69) is 51.4 Å². The Morgan fingerprint density at radius 3 is 2.36 bits per heavy atom. The summed E-state index contributed by atoms with van der Waals surface area (Å²) >= 11 is 0. The number of H-pyrrole nitrogens is 1. The van der Waals surface area contributed by atoms with Crippen molar-refractivity contribution in [2.45, 2.75) is 33.7 Å². The number of nitrogens with one attached hydrogen (secondary N) is 3. The summed E-state index contributed by atoms with van der Waals surface area (Å²) in [6.07, 6.45) is 4.84. The van der Waals surface area contributed by atoms with Crippen molar-refractivity contribution < 1.29 is 9.59 Å². The number of hydrogen-bond acceptors (Lipinski definition) is 3. The number of amides is 2. The topological polar surface area (TPSA) is 78.9 Å². The van der Waals surface area contributed by atoms with Crippen LogP contribution < -0.4 is 10.6 Å². The van der Waals surface area contributed by atoms with Crippen LogP contribution in [0.1, 0.15) is 35.6 Å². The van der Waals surface area contributed by atoms with Crippen LogP contribution >= 0.6 is 0 Å². The number of aromatic nitrogens is 2. The van der Waals surface area contributed by atoms with Crippen LogP contribution in [0.2, 0.25) is 0 Å². The third-order valence-electron chi connectivity index (χ3n) is 6.35. The summed E-state index contributed by atoms with van der Waals surface area (Å²) in [6.45, 7) is 8.87. The summed E-state index contributed by atoms with van der Waals surface area (Å²) in [4.78, 5) is 29.4. The van der Waals surface area contributed by atoms with Gasteiger partial charge in [-0.25, -0.2) is 0 Å². The average Bonchev–Trinajstić information content (AvgIpc) is 3.43. The van der Waals surface area contributed by atoms with Crippen molar-refractivity contribution in [3.05, 3.63) is 71.0 Å². The quantitative estimate of drug-likeness (QED) is 0.296. The van der Waals surface area contributed by atoms with Crippen LogP contribution in [0.4, 0.5) is 0 Å². The molecule has 0 saturated carbocycles. The van der Waals surface area contributed by atoms with Gasteiger partial charge < -0.3 is 14.9 Å². The van der Waals surface area contributed by atoms with Crippen molar-refractivity contribution in [2.75, 3.05) is 13.1 Å². The number of carbonyl (C=O) groups is 2. The Balaban J connectivity index is 1.71. The van der Waals surface area contributed by atoms with E-state index in [-0.39, 0.29) is 11.8 Å². The van der Waals surface area contributed by atoms with Crippen LogP contribution in [-0.4, -0.2) is 34.5 Å². The van der Waals surface area contributed by atoms with Crippen molar-refractivity contribution in [1.29, 1.82) is 0 Å². The summed E-state index contributed by atoms with van der Waals surface area (Å²) in [5, 5.41) is 7.84. The molecule has 3 N–H and O–H groups in total. The van der Waals surface area contributed by atoms with E-state index in [9.17, 15) is 9.59 Å². The monoisotopic (exact) mass is 440 g/mol. The molecule has 1 aliphatic rings. The lowest BCUT2D eigenvalue weighted by Crippen LogP contribution is -2.22. The number of aromatic amines is 1. The predicted octanol–water partition coefficient (Wildman–Crippen LogP) is 4.31. The first-order chi connectivity index (χ1) is 16.0. The van der Waals surface area contributed by atoms with E-state index in [1.807, 2.05) is 38.4 Å². The highest BCUT2D eigenvalue weighted by Crippen LogP contribution is 2.38. The van der Waals surface area contributed by atoms with Gasteiger partial charge in [0.25, 0.3) is 11.8 Å². The second-order valence-electron chi connectivity index (χ2n) is 8.75. The summed E-state index contributed by atoms with van der Waals surface area (Å²) < 4.78 is 2.20.